The minimum atomic E-state index is -0.284. The number of aromatic nitrogens is 3. The average molecular weight is 414 g/mol. The van der Waals surface area contributed by atoms with Crippen LogP contribution in [0.3, 0.4) is 0 Å². The van der Waals surface area contributed by atoms with Crippen molar-refractivity contribution in [1.29, 1.82) is 0 Å². The highest BCUT2D eigenvalue weighted by atomic mass is 32.2. The summed E-state index contributed by atoms with van der Waals surface area (Å²) in [5.74, 6) is 1.47. The number of anilines is 2. The standard InChI is InChI=1S/C21H27N5O2S/c1-3-10-26-19(16-4-5-16)23-24-21(26)29-15(2)20(27)22-17-6-8-18(9-7-17)25-11-13-28-14-12-25/h3,6-9,15-16H,1,4-5,10-14H2,2H3,(H,22,27). The van der Waals surface area contributed by atoms with Crippen LogP contribution in [0.5, 0.6) is 0 Å². The van der Waals surface area contributed by atoms with Crippen molar-refractivity contribution in [1.82, 2.24) is 14.8 Å². The molecule has 1 unspecified atom stereocenters. The molecule has 154 valence electrons. The Hall–Kier alpha value is -2.32. The Morgan fingerprint density at radius 1 is 1.31 bits per heavy atom. The Morgan fingerprint density at radius 3 is 2.69 bits per heavy atom. The number of benzene rings is 1. The number of carbonyl (C=O) groups is 1. The minimum Gasteiger partial charge on any atom is -0.378 e. The first-order chi connectivity index (χ1) is 14.2. The van der Waals surface area contributed by atoms with E-state index in [0.717, 1.165) is 61.5 Å². The summed E-state index contributed by atoms with van der Waals surface area (Å²) in [6, 6.07) is 7.99. The van der Waals surface area contributed by atoms with Gasteiger partial charge < -0.3 is 19.5 Å². The lowest BCUT2D eigenvalue weighted by molar-refractivity contribution is -0.115. The number of allylic oxidation sites excluding steroid dienone is 1. The number of ether oxygens (including phenoxy) is 1. The zero-order valence-corrected chi connectivity index (χ0v) is 17.5. The predicted molar refractivity (Wildman–Crippen MR) is 116 cm³/mol. The zero-order chi connectivity index (χ0) is 20.2. The van der Waals surface area contributed by atoms with Crippen molar-refractivity contribution in [3.8, 4) is 0 Å². The van der Waals surface area contributed by atoms with Gasteiger partial charge in [0, 0.05) is 36.9 Å². The van der Waals surface area contributed by atoms with Crippen LogP contribution in [0, 0.1) is 0 Å². The molecule has 1 aliphatic carbocycles. The molecule has 4 rings (SSSR count). The summed E-state index contributed by atoms with van der Waals surface area (Å²) in [6.45, 7) is 9.70. The molecule has 1 amide bonds. The summed E-state index contributed by atoms with van der Waals surface area (Å²) in [5, 5.41) is 12.2. The second-order valence-electron chi connectivity index (χ2n) is 7.41. The third-order valence-corrected chi connectivity index (χ3v) is 6.24. The number of amides is 1. The van der Waals surface area contributed by atoms with Crippen molar-refractivity contribution in [2.75, 3.05) is 36.5 Å². The number of carbonyl (C=O) groups excluding carboxylic acids is 1. The first kappa shape index (κ1) is 20.0. The van der Waals surface area contributed by atoms with E-state index in [-0.39, 0.29) is 11.2 Å². The molecule has 1 aromatic carbocycles. The molecule has 8 heteroatoms. The van der Waals surface area contributed by atoms with E-state index in [1.54, 1.807) is 0 Å². The smallest absolute Gasteiger partial charge is 0.237 e. The fourth-order valence-corrected chi connectivity index (χ4v) is 4.23. The number of morpholine rings is 1. The molecule has 0 spiro atoms. The highest BCUT2D eigenvalue weighted by Crippen LogP contribution is 2.40. The van der Waals surface area contributed by atoms with Gasteiger partial charge in [0.05, 0.1) is 18.5 Å². The van der Waals surface area contributed by atoms with Crippen LogP contribution in [0.1, 0.15) is 31.5 Å². The second-order valence-corrected chi connectivity index (χ2v) is 8.72. The van der Waals surface area contributed by atoms with Gasteiger partial charge >= 0.3 is 0 Å². The molecule has 2 aromatic rings. The molecule has 2 aliphatic rings. The summed E-state index contributed by atoms with van der Waals surface area (Å²) >= 11 is 1.44. The monoisotopic (exact) mass is 413 g/mol. The predicted octanol–water partition coefficient (Wildman–Crippen LogP) is 3.30. The van der Waals surface area contributed by atoms with Crippen LogP contribution in [0.4, 0.5) is 11.4 Å². The largest absolute Gasteiger partial charge is 0.378 e. The van der Waals surface area contributed by atoms with E-state index < -0.39 is 0 Å². The maximum atomic E-state index is 12.7. The summed E-state index contributed by atoms with van der Waals surface area (Å²) in [7, 11) is 0. The summed E-state index contributed by atoms with van der Waals surface area (Å²) in [5.41, 5.74) is 1.95. The first-order valence-corrected chi connectivity index (χ1v) is 11.0. The molecule has 0 radical (unpaired) electrons. The minimum absolute atomic E-state index is 0.0461. The van der Waals surface area contributed by atoms with E-state index in [9.17, 15) is 4.79 Å². The van der Waals surface area contributed by atoms with Crippen LogP contribution >= 0.6 is 11.8 Å². The van der Waals surface area contributed by atoms with Crippen molar-refractivity contribution in [2.45, 2.75) is 42.6 Å². The van der Waals surface area contributed by atoms with E-state index in [1.165, 1.54) is 11.8 Å². The van der Waals surface area contributed by atoms with Gasteiger partial charge in [0.1, 0.15) is 5.82 Å². The topological polar surface area (TPSA) is 72.3 Å². The number of nitrogens with one attached hydrogen (secondary N) is 1. The highest BCUT2D eigenvalue weighted by Gasteiger charge is 2.31. The maximum Gasteiger partial charge on any atom is 0.237 e. The maximum absolute atomic E-state index is 12.7. The third kappa shape index (κ3) is 4.82. The van der Waals surface area contributed by atoms with Gasteiger partial charge in [-0.3, -0.25) is 4.79 Å². The Kier molecular flexibility index (Phi) is 6.20. The van der Waals surface area contributed by atoms with Gasteiger partial charge in [-0.2, -0.15) is 0 Å². The molecule has 2 heterocycles. The van der Waals surface area contributed by atoms with Gasteiger partial charge in [-0.1, -0.05) is 17.8 Å². The van der Waals surface area contributed by atoms with Gasteiger partial charge in [0.25, 0.3) is 0 Å². The highest BCUT2D eigenvalue weighted by molar-refractivity contribution is 8.00. The molecule has 1 atom stereocenters. The molecule has 29 heavy (non-hydrogen) atoms. The number of thioether (sulfide) groups is 1. The Labute approximate surface area is 175 Å². The molecule has 1 aliphatic heterocycles. The van der Waals surface area contributed by atoms with Crippen molar-refractivity contribution in [3.05, 3.63) is 42.7 Å². The molecule has 2 fully saturated rings. The van der Waals surface area contributed by atoms with Crippen LogP contribution in [0.15, 0.2) is 42.1 Å². The fourth-order valence-electron chi connectivity index (χ4n) is 3.36. The van der Waals surface area contributed by atoms with E-state index in [0.29, 0.717) is 12.5 Å². The van der Waals surface area contributed by atoms with Gasteiger partial charge in [-0.05, 0) is 44.0 Å². The number of hydrogen-bond donors (Lipinski definition) is 1. The summed E-state index contributed by atoms with van der Waals surface area (Å²) in [6.07, 6.45) is 4.17. The fraction of sp³-hybridized carbons (Fsp3) is 0.476. The molecular weight excluding hydrogens is 386 g/mol. The molecule has 1 saturated heterocycles. The average Bonchev–Trinajstić information content (AvgIpc) is 3.52. The van der Waals surface area contributed by atoms with Crippen molar-refractivity contribution >= 4 is 29.0 Å². The molecule has 1 saturated carbocycles. The summed E-state index contributed by atoms with van der Waals surface area (Å²) < 4.78 is 7.48. The van der Waals surface area contributed by atoms with Crippen LogP contribution in [0.25, 0.3) is 0 Å². The quantitative estimate of drug-likeness (QED) is 0.529. The normalized spacial score (nSPS) is 17.8. The molecule has 1 N–H and O–H groups in total. The van der Waals surface area contributed by atoms with Gasteiger partial charge in [0.15, 0.2) is 5.16 Å². The van der Waals surface area contributed by atoms with Gasteiger partial charge in [-0.15, -0.1) is 16.8 Å². The van der Waals surface area contributed by atoms with E-state index >= 15 is 0 Å². The lowest BCUT2D eigenvalue weighted by atomic mass is 10.2. The SMILES string of the molecule is C=CCn1c(SC(C)C(=O)Nc2ccc(N3CCOCC3)cc2)nnc1C1CC1. The van der Waals surface area contributed by atoms with Gasteiger partial charge in [0.2, 0.25) is 5.91 Å². The number of hydrogen-bond acceptors (Lipinski definition) is 6. The van der Waals surface area contributed by atoms with E-state index in [2.05, 4.69) is 31.6 Å². The number of nitrogens with zero attached hydrogens (tertiary/aromatic N) is 4. The van der Waals surface area contributed by atoms with E-state index in [1.807, 2.05) is 37.3 Å². The first-order valence-electron chi connectivity index (χ1n) is 10.1. The van der Waals surface area contributed by atoms with E-state index in [4.69, 9.17) is 4.74 Å². The Morgan fingerprint density at radius 2 is 2.03 bits per heavy atom. The third-order valence-electron chi connectivity index (χ3n) is 5.16. The van der Waals surface area contributed by atoms with Crippen LogP contribution in [0.2, 0.25) is 0 Å². The molecule has 0 bridgehead atoms. The number of rotatable bonds is 8. The van der Waals surface area contributed by atoms with Crippen molar-refractivity contribution < 1.29 is 9.53 Å². The zero-order valence-electron chi connectivity index (χ0n) is 16.7. The van der Waals surface area contributed by atoms with Crippen molar-refractivity contribution in [3.63, 3.8) is 0 Å². The molecule has 7 nitrogen and oxygen atoms in total. The Bertz CT molecular complexity index is 856. The molecule has 1 aromatic heterocycles. The molecular formula is C21H27N5O2S. The van der Waals surface area contributed by atoms with Crippen molar-refractivity contribution in [2.24, 2.45) is 0 Å². The second kappa shape index (κ2) is 9.00. The van der Waals surface area contributed by atoms with Crippen LogP contribution in [-0.2, 0) is 16.1 Å². The van der Waals surface area contributed by atoms with Crippen LogP contribution < -0.4 is 10.2 Å². The van der Waals surface area contributed by atoms with Gasteiger partial charge in [-0.25, -0.2) is 0 Å². The summed E-state index contributed by atoms with van der Waals surface area (Å²) in [4.78, 5) is 15.0. The Balaban J connectivity index is 1.36. The lowest BCUT2D eigenvalue weighted by Crippen LogP contribution is -2.36. The van der Waals surface area contributed by atoms with Crippen LogP contribution in [-0.4, -0.2) is 52.2 Å². The lowest BCUT2D eigenvalue weighted by Gasteiger charge is -2.28.